The number of aryl methyl sites for hydroxylation is 1. The monoisotopic (exact) mass is 492 g/mol. The molecule has 0 saturated carbocycles. The first-order valence-electron chi connectivity index (χ1n) is 12.9. The Morgan fingerprint density at radius 2 is 1.72 bits per heavy atom. The molecule has 1 saturated heterocycles. The van der Waals surface area contributed by atoms with Crippen molar-refractivity contribution in [3.8, 4) is 11.4 Å². The number of nitrogens with zero attached hydrogens (tertiary/aromatic N) is 4. The van der Waals surface area contributed by atoms with E-state index in [-0.39, 0.29) is 5.82 Å². The van der Waals surface area contributed by atoms with Crippen molar-refractivity contribution in [1.29, 1.82) is 0 Å². The van der Waals surface area contributed by atoms with Crippen LogP contribution < -0.4 is 4.90 Å². The van der Waals surface area contributed by atoms with E-state index in [1.165, 1.54) is 12.1 Å². The molecule has 1 fully saturated rings. The van der Waals surface area contributed by atoms with Gasteiger partial charge in [-0.2, -0.15) is 0 Å². The number of piperazine rings is 1. The van der Waals surface area contributed by atoms with Crippen LogP contribution >= 0.6 is 0 Å². The molecule has 192 valence electrons. The zero-order chi connectivity index (χ0) is 25.3. The van der Waals surface area contributed by atoms with Crippen LogP contribution in [0.3, 0.4) is 0 Å². The Kier molecular flexibility index (Phi) is 9.39. The van der Waals surface area contributed by atoms with Gasteiger partial charge in [0, 0.05) is 62.6 Å². The highest BCUT2D eigenvalue weighted by Crippen LogP contribution is 2.28. The largest absolute Gasteiger partial charge is 0.389 e. The van der Waals surface area contributed by atoms with Crippen LogP contribution in [0.2, 0.25) is 0 Å². The van der Waals surface area contributed by atoms with Gasteiger partial charge >= 0.3 is 0 Å². The van der Waals surface area contributed by atoms with Crippen molar-refractivity contribution in [2.24, 2.45) is 0 Å². The number of aliphatic hydroxyl groups is 1. The van der Waals surface area contributed by atoms with Crippen molar-refractivity contribution in [1.82, 2.24) is 14.9 Å². The van der Waals surface area contributed by atoms with E-state index in [4.69, 9.17) is 14.7 Å². The van der Waals surface area contributed by atoms with Crippen LogP contribution in [-0.4, -0.2) is 72.0 Å². The van der Waals surface area contributed by atoms with Crippen molar-refractivity contribution in [3.05, 3.63) is 77.2 Å². The lowest BCUT2D eigenvalue weighted by atomic mass is 10.0. The highest BCUT2D eigenvalue weighted by Gasteiger charge is 2.24. The average molecular weight is 493 g/mol. The Labute approximate surface area is 213 Å². The first kappa shape index (κ1) is 26.2. The predicted octanol–water partition coefficient (Wildman–Crippen LogP) is 4.48. The van der Waals surface area contributed by atoms with Gasteiger partial charge in [-0.3, -0.25) is 4.90 Å². The van der Waals surface area contributed by atoms with Crippen molar-refractivity contribution < 1.29 is 14.2 Å². The number of benzene rings is 2. The lowest BCUT2D eigenvalue weighted by Crippen LogP contribution is -2.49. The fourth-order valence-electron chi connectivity index (χ4n) is 4.53. The van der Waals surface area contributed by atoms with Gasteiger partial charge in [-0.15, -0.1) is 0 Å². The van der Waals surface area contributed by atoms with Gasteiger partial charge in [0.1, 0.15) is 11.6 Å². The van der Waals surface area contributed by atoms with Gasteiger partial charge < -0.3 is 14.7 Å². The van der Waals surface area contributed by atoms with Crippen LogP contribution in [0.4, 0.5) is 10.2 Å². The van der Waals surface area contributed by atoms with Crippen LogP contribution in [0, 0.1) is 12.7 Å². The summed E-state index contributed by atoms with van der Waals surface area (Å²) in [4.78, 5) is 14.5. The smallest absolute Gasteiger partial charge is 0.161 e. The Balaban J connectivity index is 1.50. The van der Waals surface area contributed by atoms with Gasteiger partial charge in [0.05, 0.1) is 12.7 Å². The molecule has 0 spiro atoms. The normalized spacial score (nSPS) is 15.3. The summed E-state index contributed by atoms with van der Waals surface area (Å²) >= 11 is 0. The maximum Gasteiger partial charge on any atom is 0.161 e. The number of halogens is 1. The van der Waals surface area contributed by atoms with Gasteiger partial charge in [-0.1, -0.05) is 55.8 Å². The van der Waals surface area contributed by atoms with Crippen LogP contribution in [0.25, 0.3) is 11.4 Å². The number of ether oxygens (including phenoxy) is 1. The highest BCUT2D eigenvalue weighted by atomic mass is 19.1. The topological polar surface area (TPSA) is 61.7 Å². The van der Waals surface area contributed by atoms with E-state index >= 15 is 0 Å². The molecule has 0 radical (unpaired) electrons. The lowest BCUT2D eigenvalue weighted by molar-refractivity contribution is 0.0150. The third kappa shape index (κ3) is 7.09. The molecular weight excluding hydrogens is 455 g/mol. The number of aliphatic hydroxyl groups excluding tert-OH is 1. The second-order valence-corrected chi connectivity index (χ2v) is 9.47. The molecule has 1 unspecified atom stereocenters. The molecule has 2 aromatic carbocycles. The second kappa shape index (κ2) is 12.9. The molecule has 0 bridgehead atoms. The molecule has 0 amide bonds. The molecule has 1 N–H and O–H groups in total. The standard InChI is InChI=1S/C29H37FN4O2/c1-3-4-18-36-21-26(35)20-33-14-16-34(17-15-33)29-27(19-23-10-12-25(30)13-11-23)22(2)31-28(32-29)24-8-6-5-7-9-24/h5-13,26,35H,3-4,14-21H2,1-2H3. The molecule has 4 rings (SSSR count). The van der Waals surface area contributed by atoms with E-state index in [1.807, 2.05) is 49.4 Å². The zero-order valence-corrected chi connectivity index (χ0v) is 21.4. The van der Waals surface area contributed by atoms with E-state index in [0.29, 0.717) is 32.0 Å². The number of rotatable bonds is 11. The number of hydrogen-bond acceptors (Lipinski definition) is 6. The predicted molar refractivity (Wildman–Crippen MR) is 142 cm³/mol. The number of anilines is 1. The van der Waals surface area contributed by atoms with Crippen molar-refractivity contribution in [3.63, 3.8) is 0 Å². The van der Waals surface area contributed by atoms with Crippen molar-refractivity contribution >= 4 is 5.82 Å². The molecule has 1 aromatic heterocycles. The summed E-state index contributed by atoms with van der Waals surface area (Å²) in [6, 6.07) is 16.7. The Morgan fingerprint density at radius 3 is 2.42 bits per heavy atom. The van der Waals surface area contributed by atoms with Gasteiger partial charge in [-0.05, 0) is 31.0 Å². The van der Waals surface area contributed by atoms with E-state index < -0.39 is 6.10 Å². The van der Waals surface area contributed by atoms with Gasteiger partial charge in [0.15, 0.2) is 5.82 Å². The number of aromatic nitrogens is 2. The molecule has 0 aliphatic carbocycles. The summed E-state index contributed by atoms with van der Waals surface area (Å²) in [5, 5.41) is 10.4. The van der Waals surface area contributed by atoms with Crippen molar-refractivity contribution in [2.45, 2.75) is 39.2 Å². The van der Waals surface area contributed by atoms with E-state index in [1.54, 1.807) is 0 Å². The summed E-state index contributed by atoms with van der Waals surface area (Å²) in [7, 11) is 0. The number of unbranched alkanes of at least 4 members (excludes halogenated alkanes) is 1. The van der Waals surface area contributed by atoms with Crippen LogP contribution in [-0.2, 0) is 11.2 Å². The summed E-state index contributed by atoms with van der Waals surface area (Å²) in [5.74, 6) is 1.42. The third-order valence-electron chi connectivity index (χ3n) is 6.61. The van der Waals surface area contributed by atoms with Crippen LogP contribution in [0.5, 0.6) is 0 Å². The number of β-amino-alcohol motifs (C(OH)–C–C–N with tert-alkyl or cyclic N) is 1. The quantitative estimate of drug-likeness (QED) is 0.398. The maximum atomic E-state index is 13.5. The van der Waals surface area contributed by atoms with Gasteiger partial charge in [-0.25, -0.2) is 14.4 Å². The molecule has 6 nitrogen and oxygen atoms in total. The van der Waals surface area contributed by atoms with E-state index in [0.717, 1.165) is 67.2 Å². The summed E-state index contributed by atoms with van der Waals surface area (Å²) in [5.41, 5.74) is 4.02. The maximum absolute atomic E-state index is 13.5. The molecule has 3 aromatic rings. The molecule has 36 heavy (non-hydrogen) atoms. The second-order valence-electron chi connectivity index (χ2n) is 9.47. The average Bonchev–Trinajstić information content (AvgIpc) is 2.90. The molecule has 1 atom stereocenters. The van der Waals surface area contributed by atoms with Crippen LogP contribution in [0.1, 0.15) is 36.6 Å². The minimum atomic E-state index is -0.478. The third-order valence-corrected chi connectivity index (χ3v) is 6.61. The zero-order valence-electron chi connectivity index (χ0n) is 21.4. The Bertz CT molecular complexity index is 1090. The number of hydrogen-bond donors (Lipinski definition) is 1. The molecule has 7 heteroatoms. The fraction of sp³-hybridized carbons (Fsp3) is 0.448. The molecular formula is C29H37FN4O2. The molecule has 2 heterocycles. The van der Waals surface area contributed by atoms with Gasteiger partial charge in [0.2, 0.25) is 0 Å². The lowest BCUT2D eigenvalue weighted by Gasteiger charge is -2.37. The summed E-state index contributed by atoms with van der Waals surface area (Å²) in [6.07, 6.45) is 2.28. The highest BCUT2D eigenvalue weighted by molar-refractivity contribution is 5.61. The minimum Gasteiger partial charge on any atom is -0.389 e. The van der Waals surface area contributed by atoms with E-state index in [9.17, 15) is 9.50 Å². The minimum absolute atomic E-state index is 0.236. The van der Waals surface area contributed by atoms with Gasteiger partial charge in [0.25, 0.3) is 0 Å². The first-order valence-corrected chi connectivity index (χ1v) is 12.9. The van der Waals surface area contributed by atoms with Crippen molar-refractivity contribution in [2.75, 3.05) is 50.8 Å². The molecule has 1 aliphatic heterocycles. The Hall–Kier alpha value is -2.87. The van der Waals surface area contributed by atoms with E-state index in [2.05, 4.69) is 16.7 Å². The SMILES string of the molecule is CCCCOCC(O)CN1CCN(c2nc(-c3ccccc3)nc(C)c2Cc2ccc(F)cc2)CC1. The summed E-state index contributed by atoms with van der Waals surface area (Å²) < 4.78 is 19.1. The summed E-state index contributed by atoms with van der Waals surface area (Å²) in [6.45, 7) is 9.16. The molecule has 1 aliphatic rings. The first-order chi connectivity index (χ1) is 17.5. The fourth-order valence-corrected chi connectivity index (χ4v) is 4.53. The Morgan fingerprint density at radius 1 is 1.00 bits per heavy atom. The van der Waals surface area contributed by atoms with Crippen LogP contribution in [0.15, 0.2) is 54.6 Å².